The maximum absolute atomic E-state index is 12.2. The van der Waals surface area contributed by atoms with E-state index in [9.17, 15) is 9.59 Å². The summed E-state index contributed by atoms with van der Waals surface area (Å²) >= 11 is 0. The van der Waals surface area contributed by atoms with Crippen molar-refractivity contribution in [2.75, 3.05) is 5.32 Å². The average Bonchev–Trinajstić information content (AvgIpc) is 2.55. The molecule has 0 saturated heterocycles. The summed E-state index contributed by atoms with van der Waals surface area (Å²) < 4.78 is 5.62. The molecule has 0 aliphatic heterocycles. The van der Waals surface area contributed by atoms with Crippen LogP contribution in [0.25, 0.3) is 0 Å². The van der Waals surface area contributed by atoms with Crippen molar-refractivity contribution in [1.29, 1.82) is 0 Å². The van der Waals surface area contributed by atoms with Crippen LogP contribution in [0.15, 0.2) is 48.5 Å². The summed E-state index contributed by atoms with van der Waals surface area (Å²) in [5.74, 6) is 0.785. The summed E-state index contributed by atoms with van der Waals surface area (Å²) in [4.78, 5) is 23.5. The van der Waals surface area contributed by atoms with Crippen molar-refractivity contribution in [2.24, 2.45) is 0 Å². The Hall–Kier alpha value is -2.62. The summed E-state index contributed by atoms with van der Waals surface area (Å²) in [6.45, 7) is 7.45. The Kier molecular flexibility index (Phi) is 5.74. The molecule has 0 radical (unpaired) electrons. The number of carbonyl (C=O) groups excluding carboxylic acids is 2. The van der Waals surface area contributed by atoms with Crippen LogP contribution in [0.4, 0.5) is 5.69 Å². The molecule has 2 rings (SSSR count). The quantitative estimate of drug-likeness (QED) is 0.800. The van der Waals surface area contributed by atoms with Gasteiger partial charge in [-0.2, -0.15) is 0 Å². The van der Waals surface area contributed by atoms with Crippen LogP contribution in [0.5, 0.6) is 5.75 Å². The van der Waals surface area contributed by atoms with Gasteiger partial charge in [-0.15, -0.1) is 0 Å². The van der Waals surface area contributed by atoms with Crippen LogP contribution in [-0.2, 0) is 4.79 Å². The molecule has 4 heteroatoms. The highest BCUT2D eigenvalue weighted by molar-refractivity contribution is 5.95. The SMILES string of the molecule is CC(=O)c1ccc(OC(C)C(=O)Nc2ccc(C(C)C)cc2)cc1. The van der Waals surface area contributed by atoms with Crippen LogP contribution in [0, 0.1) is 0 Å². The maximum atomic E-state index is 12.2. The number of rotatable bonds is 6. The number of amides is 1. The molecule has 0 aliphatic carbocycles. The smallest absolute Gasteiger partial charge is 0.265 e. The number of hydrogen-bond acceptors (Lipinski definition) is 3. The van der Waals surface area contributed by atoms with Gasteiger partial charge in [0, 0.05) is 11.3 Å². The second-order valence-corrected chi connectivity index (χ2v) is 6.11. The van der Waals surface area contributed by atoms with Crippen molar-refractivity contribution in [3.05, 3.63) is 59.7 Å². The van der Waals surface area contributed by atoms with E-state index in [1.807, 2.05) is 24.3 Å². The van der Waals surface area contributed by atoms with Crippen molar-refractivity contribution in [1.82, 2.24) is 0 Å². The highest BCUT2D eigenvalue weighted by atomic mass is 16.5. The lowest BCUT2D eigenvalue weighted by Crippen LogP contribution is -2.30. The summed E-state index contributed by atoms with van der Waals surface area (Å²) in [5, 5.41) is 2.84. The fourth-order valence-corrected chi connectivity index (χ4v) is 2.22. The van der Waals surface area contributed by atoms with Crippen LogP contribution < -0.4 is 10.1 Å². The van der Waals surface area contributed by atoms with Gasteiger partial charge < -0.3 is 10.1 Å². The molecule has 0 bridgehead atoms. The molecule has 0 heterocycles. The predicted molar refractivity (Wildman–Crippen MR) is 95.7 cm³/mol. The van der Waals surface area contributed by atoms with E-state index in [1.54, 1.807) is 31.2 Å². The lowest BCUT2D eigenvalue weighted by atomic mass is 10.0. The third-order valence-electron chi connectivity index (χ3n) is 3.79. The number of benzene rings is 2. The number of carbonyl (C=O) groups is 2. The Morgan fingerprint density at radius 2 is 1.50 bits per heavy atom. The van der Waals surface area contributed by atoms with Crippen LogP contribution >= 0.6 is 0 Å². The van der Waals surface area contributed by atoms with E-state index < -0.39 is 6.10 Å². The van der Waals surface area contributed by atoms with Crippen molar-refractivity contribution >= 4 is 17.4 Å². The van der Waals surface area contributed by atoms with E-state index in [-0.39, 0.29) is 11.7 Å². The molecule has 0 fully saturated rings. The van der Waals surface area contributed by atoms with Crippen LogP contribution in [0.1, 0.15) is 49.5 Å². The minimum atomic E-state index is -0.641. The zero-order chi connectivity index (χ0) is 17.7. The Labute approximate surface area is 142 Å². The van der Waals surface area contributed by atoms with Gasteiger partial charge in [0.2, 0.25) is 0 Å². The number of hydrogen-bond donors (Lipinski definition) is 1. The Balaban J connectivity index is 1.95. The lowest BCUT2D eigenvalue weighted by molar-refractivity contribution is -0.122. The normalized spacial score (nSPS) is 11.9. The highest BCUT2D eigenvalue weighted by Gasteiger charge is 2.15. The Morgan fingerprint density at radius 1 is 0.917 bits per heavy atom. The third kappa shape index (κ3) is 4.69. The zero-order valence-electron chi connectivity index (χ0n) is 14.5. The van der Waals surface area contributed by atoms with E-state index in [0.717, 1.165) is 5.69 Å². The Bertz CT molecular complexity index is 703. The van der Waals surface area contributed by atoms with Gasteiger partial charge >= 0.3 is 0 Å². The second kappa shape index (κ2) is 7.77. The van der Waals surface area contributed by atoms with Crippen molar-refractivity contribution in [2.45, 2.75) is 39.7 Å². The number of ether oxygens (including phenoxy) is 1. The molecular formula is C20H23NO3. The molecule has 4 nitrogen and oxygen atoms in total. The summed E-state index contributed by atoms with van der Waals surface area (Å²) in [6.07, 6.45) is -0.641. The first kappa shape index (κ1) is 17.7. The monoisotopic (exact) mass is 325 g/mol. The van der Waals surface area contributed by atoms with E-state index in [0.29, 0.717) is 17.2 Å². The molecule has 1 amide bonds. The van der Waals surface area contributed by atoms with Crippen LogP contribution in [-0.4, -0.2) is 17.8 Å². The standard InChI is InChI=1S/C20H23NO3/c1-13(2)16-5-9-18(10-6-16)21-20(23)15(4)24-19-11-7-17(8-12-19)14(3)22/h5-13,15H,1-4H3,(H,21,23). The summed E-state index contributed by atoms with van der Waals surface area (Å²) in [6, 6.07) is 14.6. The molecule has 0 aliphatic rings. The van der Waals surface area contributed by atoms with Gasteiger partial charge in [0.1, 0.15) is 5.75 Å². The first-order chi connectivity index (χ1) is 11.4. The number of nitrogens with one attached hydrogen (secondary N) is 1. The largest absolute Gasteiger partial charge is 0.481 e. The van der Waals surface area contributed by atoms with Crippen molar-refractivity contribution in [3.8, 4) is 5.75 Å². The van der Waals surface area contributed by atoms with E-state index >= 15 is 0 Å². The average molecular weight is 325 g/mol. The van der Waals surface area contributed by atoms with E-state index in [1.165, 1.54) is 12.5 Å². The van der Waals surface area contributed by atoms with Crippen molar-refractivity contribution < 1.29 is 14.3 Å². The first-order valence-electron chi connectivity index (χ1n) is 8.05. The van der Waals surface area contributed by atoms with E-state index in [4.69, 9.17) is 4.74 Å². The highest BCUT2D eigenvalue weighted by Crippen LogP contribution is 2.18. The molecule has 0 aromatic heterocycles. The van der Waals surface area contributed by atoms with Gasteiger partial charge in [-0.3, -0.25) is 9.59 Å². The van der Waals surface area contributed by atoms with Gasteiger partial charge in [-0.25, -0.2) is 0 Å². The summed E-state index contributed by atoms with van der Waals surface area (Å²) in [5.41, 5.74) is 2.58. The minimum absolute atomic E-state index is 0.00261. The van der Waals surface area contributed by atoms with Crippen LogP contribution in [0.3, 0.4) is 0 Å². The molecule has 2 aromatic carbocycles. The molecule has 2 aromatic rings. The molecule has 126 valence electrons. The van der Waals surface area contributed by atoms with Gasteiger partial charge in [0.05, 0.1) is 0 Å². The van der Waals surface area contributed by atoms with Gasteiger partial charge in [-0.05, 0) is 61.7 Å². The first-order valence-corrected chi connectivity index (χ1v) is 8.05. The molecular weight excluding hydrogens is 302 g/mol. The predicted octanol–water partition coefficient (Wildman–Crippen LogP) is 4.42. The molecule has 0 saturated carbocycles. The molecule has 1 atom stereocenters. The third-order valence-corrected chi connectivity index (χ3v) is 3.79. The molecule has 24 heavy (non-hydrogen) atoms. The molecule has 1 N–H and O–H groups in total. The lowest BCUT2D eigenvalue weighted by Gasteiger charge is -2.15. The number of Topliss-reactive ketones (excluding diaryl/α,β-unsaturated/α-hetero) is 1. The minimum Gasteiger partial charge on any atom is -0.481 e. The topological polar surface area (TPSA) is 55.4 Å². The fourth-order valence-electron chi connectivity index (χ4n) is 2.22. The van der Waals surface area contributed by atoms with Crippen molar-refractivity contribution in [3.63, 3.8) is 0 Å². The fraction of sp³-hybridized carbons (Fsp3) is 0.300. The van der Waals surface area contributed by atoms with E-state index in [2.05, 4.69) is 19.2 Å². The maximum Gasteiger partial charge on any atom is 0.265 e. The zero-order valence-corrected chi connectivity index (χ0v) is 14.5. The van der Waals surface area contributed by atoms with Crippen LogP contribution in [0.2, 0.25) is 0 Å². The number of ketones is 1. The van der Waals surface area contributed by atoms with Gasteiger partial charge in [0.25, 0.3) is 5.91 Å². The second-order valence-electron chi connectivity index (χ2n) is 6.11. The van der Waals surface area contributed by atoms with Gasteiger partial charge in [-0.1, -0.05) is 26.0 Å². The van der Waals surface area contributed by atoms with Gasteiger partial charge in [0.15, 0.2) is 11.9 Å². The number of anilines is 1. The summed E-state index contributed by atoms with van der Waals surface area (Å²) in [7, 11) is 0. The molecule has 0 spiro atoms. The Morgan fingerprint density at radius 3 is 2.00 bits per heavy atom. The molecule has 1 unspecified atom stereocenters.